The molecule has 7 heteroatoms. The third-order valence-electron chi connectivity index (χ3n) is 5.98. The zero-order valence-corrected chi connectivity index (χ0v) is 16.4. The van der Waals surface area contributed by atoms with E-state index in [2.05, 4.69) is 48.7 Å². The molecule has 1 aliphatic heterocycles. The van der Waals surface area contributed by atoms with Crippen LogP contribution in [0.4, 0.5) is 0 Å². The topological polar surface area (TPSA) is 95.2 Å². The second-order valence-corrected chi connectivity index (χ2v) is 7.80. The van der Waals surface area contributed by atoms with Gasteiger partial charge in [-0.05, 0) is 61.8 Å². The molecular weight excluding hydrogens is 374 g/mol. The minimum absolute atomic E-state index is 0.503. The van der Waals surface area contributed by atoms with E-state index < -0.39 is 0 Å². The van der Waals surface area contributed by atoms with Crippen LogP contribution in [0.3, 0.4) is 0 Å². The number of nitrogens with zero attached hydrogens (tertiary/aromatic N) is 4. The molecule has 148 valence electrons. The zero-order chi connectivity index (χ0) is 19.9. The normalized spacial score (nSPS) is 15.2. The molecule has 30 heavy (non-hydrogen) atoms. The summed E-state index contributed by atoms with van der Waals surface area (Å²) in [5, 5.41) is 12.3. The van der Waals surface area contributed by atoms with Crippen LogP contribution in [0.5, 0.6) is 0 Å². The maximum absolute atomic E-state index is 5.02. The first kappa shape index (κ1) is 17.3. The quantitative estimate of drug-likeness (QED) is 0.429. The molecule has 1 aliphatic rings. The van der Waals surface area contributed by atoms with E-state index in [1.54, 1.807) is 12.4 Å². The summed E-state index contributed by atoms with van der Waals surface area (Å²) in [6.45, 7) is 2.10. The van der Waals surface area contributed by atoms with Crippen LogP contribution in [0.15, 0.2) is 55.1 Å². The van der Waals surface area contributed by atoms with Gasteiger partial charge in [-0.2, -0.15) is 5.10 Å². The lowest BCUT2D eigenvalue weighted by Crippen LogP contribution is -2.27. The van der Waals surface area contributed by atoms with E-state index in [-0.39, 0.29) is 0 Å². The molecule has 0 saturated carbocycles. The van der Waals surface area contributed by atoms with Crippen LogP contribution in [-0.4, -0.2) is 43.2 Å². The van der Waals surface area contributed by atoms with E-state index in [4.69, 9.17) is 4.98 Å². The Bertz CT molecular complexity index is 1330. The lowest BCUT2D eigenvalue weighted by atomic mass is 9.94. The van der Waals surface area contributed by atoms with E-state index >= 15 is 0 Å². The Morgan fingerprint density at radius 1 is 0.900 bits per heavy atom. The fraction of sp³-hybridized carbons (Fsp3) is 0.217. The summed E-state index contributed by atoms with van der Waals surface area (Å²) in [7, 11) is 0. The molecule has 0 atom stereocenters. The third kappa shape index (κ3) is 2.86. The van der Waals surface area contributed by atoms with Crippen LogP contribution < -0.4 is 5.32 Å². The number of nitrogens with one attached hydrogen (secondary N) is 3. The van der Waals surface area contributed by atoms with E-state index in [0.717, 1.165) is 76.1 Å². The Morgan fingerprint density at radius 3 is 2.63 bits per heavy atom. The van der Waals surface area contributed by atoms with Gasteiger partial charge in [-0.25, -0.2) is 4.98 Å². The van der Waals surface area contributed by atoms with Gasteiger partial charge >= 0.3 is 0 Å². The molecule has 1 fully saturated rings. The van der Waals surface area contributed by atoms with Crippen molar-refractivity contribution in [2.45, 2.75) is 18.8 Å². The Labute approximate surface area is 173 Å². The summed E-state index contributed by atoms with van der Waals surface area (Å²) < 4.78 is 0. The number of pyridine rings is 3. The fourth-order valence-corrected chi connectivity index (χ4v) is 4.39. The molecule has 0 amide bonds. The van der Waals surface area contributed by atoms with Crippen molar-refractivity contribution in [2.75, 3.05) is 13.1 Å². The number of piperidine rings is 1. The number of hydrogen-bond acceptors (Lipinski definition) is 5. The molecule has 5 aromatic rings. The SMILES string of the molecule is c1cc(-c2cncc3[nH]c(-c4n[nH]c5ccc(C6CCNCC6)nc45)cc23)ccn1. The van der Waals surface area contributed by atoms with Gasteiger partial charge in [-0.15, -0.1) is 0 Å². The Balaban J connectivity index is 1.47. The van der Waals surface area contributed by atoms with Gasteiger partial charge in [0.25, 0.3) is 0 Å². The minimum Gasteiger partial charge on any atom is -0.352 e. The number of rotatable bonds is 3. The third-order valence-corrected chi connectivity index (χ3v) is 5.98. The molecule has 3 N–H and O–H groups in total. The van der Waals surface area contributed by atoms with Crippen LogP contribution in [0.1, 0.15) is 24.5 Å². The molecule has 0 spiro atoms. The van der Waals surface area contributed by atoms with Gasteiger partial charge in [-0.1, -0.05) is 0 Å². The lowest BCUT2D eigenvalue weighted by Gasteiger charge is -2.22. The molecule has 0 radical (unpaired) electrons. The van der Waals surface area contributed by atoms with Gasteiger partial charge in [0.15, 0.2) is 0 Å². The van der Waals surface area contributed by atoms with Crippen molar-refractivity contribution in [3.63, 3.8) is 0 Å². The Hall–Kier alpha value is -3.58. The molecule has 0 unspecified atom stereocenters. The number of fused-ring (bicyclic) bond motifs is 2. The predicted molar refractivity (Wildman–Crippen MR) is 117 cm³/mol. The summed E-state index contributed by atoms with van der Waals surface area (Å²) in [6.07, 6.45) is 9.60. The molecule has 7 nitrogen and oxygen atoms in total. The van der Waals surface area contributed by atoms with Gasteiger partial charge in [0.2, 0.25) is 0 Å². The number of H-pyrrole nitrogens is 2. The molecule has 6 rings (SSSR count). The van der Waals surface area contributed by atoms with Crippen molar-refractivity contribution < 1.29 is 0 Å². The molecule has 5 aromatic heterocycles. The van der Waals surface area contributed by atoms with Crippen molar-refractivity contribution in [1.29, 1.82) is 0 Å². The van der Waals surface area contributed by atoms with Crippen molar-refractivity contribution in [3.8, 4) is 22.5 Å². The first-order chi connectivity index (χ1) is 14.9. The van der Waals surface area contributed by atoms with Gasteiger partial charge in [0.05, 0.1) is 22.9 Å². The maximum atomic E-state index is 5.02. The fourth-order valence-electron chi connectivity index (χ4n) is 4.39. The average molecular weight is 395 g/mol. The number of aromatic nitrogens is 6. The highest BCUT2D eigenvalue weighted by atomic mass is 15.1. The Morgan fingerprint density at radius 2 is 1.77 bits per heavy atom. The van der Waals surface area contributed by atoms with E-state index in [0.29, 0.717) is 5.92 Å². The molecule has 1 saturated heterocycles. The maximum Gasteiger partial charge on any atom is 0.135 e. The second-order valence-electron chi connectivity index (χ2n) is 7.80. The van der Waals surface area contributed by atoms with Crippen molar-refractivity contribution >= 4 is 21.9 Å². The molecule has 0 aliphatic carbocycles. The molecule has 6 heterocycles. The van der Waals surface area contributed by atoms with Crippen LogP contribution >= 0.6 is 0 Å². The molecule has 0 aromatic carbocycles. The van der Waals surface area contributed by atoms with Crippen molar-refractivity contribution in [1.82, 2.24) is 35.5 Å². The van der Waals surface area contributed by atoms with Crippen LogP contribution in [-0.2, 0) is 0 Å². The standard InChI is InChI=1S/C23H21N7/c1-2-19-22(28-18(1)15-5-9-25-10-6-15)23(30-29-19)20-11-16-17(12-26-13-21(16)27-20)14-3-7-24-8-4-14/h1-4,7-8,11-13,15,25,27H,5-6,9-10H2,(H,29,30). The lowest BCUT2D eigenvalue weighted by molar-refractivity contribution is 0.454. The predicted octanol–water partition coefficient (Wildman–Crippen LogP) is 4.03. The summed E-state index contributed by atoms with van der Waals surface area (Å²) >= 11 is 0. The van der Waals surface area contributed by atoms with E-state index in [9.17, 15) is 0 Å². The number of aromatic amines is 2. The first-order valence-electron chi connectivity index (χ1n) is 10.3. The first-order valence-corrected chi connectivity index (χ1v) is 10.3. The summed E-state index contributed by atoms with van der Waals surface area (Å²) in [5.74, 6) is 0.503. The smallest absolute Gasteiger partial charge is 0.135 e. The summed E-state index contributed by atoms with van der Waals surface area (Å²) in [6, 6.07) is 10.4. The van der Waals surface area contributed by atoms with Gasteiger partial charge in [0, 0.05) is 41.2 Å². The van der Waals surface area contributed by atoms with Crippen LogP contribution in [0, 0.1) is 0 Å². The molecule has 0 bridgehead atoms. The largest absolute Gasteiger partial charge is 0.352 e. The van der Waals surface area contributed by atoms with Crippen LogP contribution in [0.2, 0.25) is 0 Å². The van der Waals surface area contributed by atoms with Gasteiger partial charge in [0.1, 0.15) is 11.2 Å². The molecular formula is C23H21N7. The van der Waals surface area contributed by atoms with Crippen molar-refractivity contribution in [3.05, 3.63) is 60.8 Å². The highest BCUT2D eigenvalue weighted by Gasteiger charge is 2.19. The second kappa shape index (κ2) is 7.03. The van der Waals surface area contributed by atoms with Crippen molar-refractivity contribution in [2.24, 2.45) is 0 Å². The summed E-state index contributed by atoms with van der Waals surface area (Å²) in [4.78, 5) is 17.1. The minimum atomic E-state index is 0.503. The monoisotopic (exact) mass is 395 g/mol. The van der Waals surface area contributed by atoms with Gasteiger partial charge < -0.3 is 10.3 Å². The zero-order valence-electron chi connectivity index (χ0n) is 16.4. The van der Waals surface area contributed by atoms with Crippen LogP contribution in [0.25, 0.3) is 44.5 Å². The Kier molecular flexibility index (Phi) is 4.06. The van der Waals surface area contributed by atoms with Gasteiger partial charge in [-0.3, -0.25) is 15.1 Å². The average Bonchev–Trinajstić information content (AvgIpc) is 3.43. The van der Waals surface area contributed by atoms with E-state index in [1.165, 1.54) is 0 Å². The van der Waals surface area contributed by atoms with E-state index in [1.807, 2.05) is 24.5 Å². The number of hydrogen-bond donors (Lipinski definition) is 3. The highest BCUT2D eigenvalue weighted by molar-refractivity contribution is 5.99. The summed E-state index contributed by atoms with van der Waals surface area (Å²) in [5.41, 5.74) is 7.94. The highest BCUT2D eigenvalue weighted by Crippen LogP contribution is 2.33.